The Kier molecular flexibility index (Phi) is 6.70. The molecule has 0 fully saturated rings. The van der Waals surface area contributed by atoms with Crippen molar-refractivity contribution < 1.29 is 29.0 Å². The van der Waals surface area contributed by atoms with Crippen LogP contribution in [0.5, 0.6) is 5.75 Å². The second-order valence-electron chi connectivity index (χ2n) is 7.86. The molecule has 8 nitrogen and oxygen atoms in total. The summed E-state index contributed by atoms with van der Waals surface area (Å²) < 4.78 is 10.3. The molecule has 2 heterocycles. The molecule has 1 atom stereocenters. The maximum absolute atomic E-state index is 13.6. The van der Waals surface area contributed by atoms with Crippen LogP contribution in [-0.4, -0.2) is 41.5 Å². The fourth-order valence-corrected chi connectivity index (χ4v) is 4.92. The number of ether oxygens (including phenoxy) is 2. The molecule has 0 aliphatic carbocycles. The summed E-state index contributed by atoms with van der Waals surface area (Å²) in [5, 5.41) is 11.6. The molecule has 180 valence electrons. The van der Waals surface area contributed by atoms with Gasteiger partial charge in [-0.1, -0.05) is 12.1 Å². The number of benzene rings is 2. The number of ketones is 1. The van der Waals surface area contributed by atoms with Crippen LogP contribution in [0.4, 0.5) is 5.69 Å². The Hall–Kier alpha value is -3.98. The number of rotatable bonds is 7. The zero-order valence-corrected chi connectivity index (χ0v) is 20.5. The molecule has 2 aromatic carbocycles. The van der Waals surface area contributed by atoms with Crippen LogP contribution in [0.2, 0.25) is 0 Å². The Morgan fingerprint density at radius 1 is 1.09 bits per heavy atom. The van der Waals surface area contributed by atoms with Gasteiger partial charge in [0.1, 0.15) is 5.75 Å². The lowest BCUT2D eigenvalue weighted by atomic mass is 9.94. The van der Waals surface area contributed by atoms with Crippen molar-refractivity contribution in [3.8, 4) is 5.75 Å². The number of thiazole rings is 1. The van der Waals surface area contributed by atoms with Crippen molar-refractivity contribution in [1.29, 1.82) is 0 Å². The second-order valence-corrected chi connectivity index (χ2v) is 9.06. The van der Waals surface area contributed by atoms with Gasteiger partial charge in [-0.05, 0) is 62.7 Å². The molecule has 1 aliphatic heterocycles. The van der Waals surface area contributed by atoms with Gasteiger partial charge in [0.05, 0.1) is 46.5 Å². The molecule has 1 unspecified atom stereocenters. The smallest absolute Gasteiger partial charge is 0.338 e. The van der Waals surface area contributed by atoms with Gasteiger partial charge in [0.25, 0.3) is 5.91 Å². The molecule has 1 amide bonds. The van der Waals surface area contributed by atoms with E-state index in [4.69, 9.17) is 9.47 Å². The number of methoxy groups -OCH3 is 1. The molecule has 35 heavy (non-hydrogen) atoms. The molecule has 0 bridgehead atoms. The number of nitrogens with zero attached hydrogens (tertiary/aromatic N) is 2. The van der Waals surface area contributed by atoms with Crippen LogP contribution in [-0.2, 0) is 9.53 Å². The molecule has 1 aromatic heterocycles. The first-order chi connectivity index (χ1) is 16.8. The number of esters is 1. The second kappa shape index (κ2) is 9.71. The molecule has 1 aliphatic rings. The van der Waals surface area contributed by atoms with E-state index in [0.29, 0.717) is 38.1 Å². The van der Waals surface area contributed by atoms with Crippen molar-refractivity contribution in [1.82, 2.24) is 4.98 Å². The summed E-state index contributed by atoms with van der Waals surface area (Å²) in [5.74, 6) is -1.65. The molecule has 0 saturated heterocycles. The summed E-state index contributed by atoms with van der Waals surface area (Å²) in [5.41, 5.74) is 1.86. The number of hydrogen-bond acceptors (Lipinski definition) is 8. The van der Waals surface area contributed by atoms with E-state index in [1.165, 1.54) is 16.2 Å². The van der Waals surface area contributed by atoms with E-state index in [0.717, 1.165) is 0 Å². The molecular formula is C26H24N2O6S. The van der Waals surface area contributed by atoms with E-state index in [9.17, 15) is 19.5 Å². The lowest BCUT2D eigenvalue weighted by Gasteiger charge is -2.27. The van der Waals surface area contributed by atoms with Crippen molar-refractivity contribution >= 4 is 34.7 Å². The minimum absolute atomic E-state index is 0.0265. The Labute approximate surface area is 206 Å². The van der Waals surface area contributed by atoms with Crippen LogP contribution >= 0.6 is 11.3 Å². The molecule has 9 heteroatoms. The number of anilines is 1. The highest BCUT2D eigenvalue weighted by atomic mass is 32.1. The van der Waals surface area contributed by atoms with E-state index < -0.39 is 29.5 Å². The average Bonchev–Trinajstić information content (AvgIpc) is 3.34. The Balaban J connectivity index is 1.82. The highest BCUT2D eigenvalue weighted by Crippen LogP contribution is 2.43. The minimum Gasteiger partial charge on any atom is -0.503 e. The van der Waals surface area contributed by atoms with E-state index >= 15 is 0 Å². The third-order valence-corrected chi connectivity index (χ3v) is 6.72. The SMILES string of the molecule is CCOC(=O)c1ccc(N2C(=O)C(O)=C(C(=O)c3sc(C)nc3C)C2c2ccc(OC)cc2)cc1. The predicted octanol–water partition coefficient (Wildman–Crippen LogP) is 4.73. The maximum Gasteiger partial charge on any atom is 0.338 e. The first kappa shape index (κ1) is 24.2. The maximum atomic E-state index is 13.6. The zero-order valence-electron chi connectivity index (χ0n) is 19.7. The van der Waals surface area contributed by atoms with Crippen LogP contribution in [0.3, 0.4) is 0 Å². The van der Waals surface area contributed by atoms with Gasteiger partial charge in [-0.2, -0.15) is 0 Å². The van der Waals surface area contributed by atoms with Gasteiger partial charge in [0.15, 0.2) is 5.76 Å². The Morgan fingerprint density at radius 3 is 2.29 bits per heavy atom. The fraction of sp³-hybridized carbons (Fsp3) is 0.231. The molecule has 0 saturated carbocycles. The standard InChI is InChI=1S/C26H24N2O6S/c1-5-34-26(32)17-6-10-18(11-7-17)28-21(16-8-12-19(33-4)13-9-16)20(23(30)25(28)31)22(29)24-14(2)27-15(3)35-24/h6-13,21,30H,5H2,1-4H3. The number of amides is 1. The molecule has 1 N–H and O–H groups in total. The molecule has 0 radical (unpaired) electrons. The fourth-order valence-electron chi connectivity index (χ4n) is 4.04. The van der Waals surface area contributed by atoms with Gasteiger partial charge in [0.2, 0.25) is 5.78 Å². The van der Waals surface area contributed by atoms with Crippen LogP contribution < -0.4 is 9.64 Å². The van der Waals surface area contributed by atoms with Crippen LogP contribution in [0, 0.1) is 13.8 Å². The number of carbonyl (C=O) groups excluding carboxylic acids is 3. The summed E-state index contributed by atoms with van der Waals surface area (Å²) in [6, 6.07) is 12.3. The summed E-state index contributed by atoms with van der Waals surface area (Å²) in [6.45, 7) is 5.47. The van der Waals surface area contributed by atoms with Crippen molar-refractivity contribution in [2.75, 3.05) is 18.6 Å². The van der Waals surface area contributed by atoms with Crippen molar-refractivity contribution in [3.05, 3.63) is 86.6 Å². The van der Waals surface area contributed by atoms with Gasteiger partial charge in [0, 0.05) is 5.69 Å². The minimum atomic E-state index is -0.892. The zero-order chi connectivity index (χ0) is 25.3. The number of aryl methyl sites for hydroxylation is 2. The quantitative estimate of drug-likeness (QED) is 0.375. The van der Waals surface area contributed by atoms with Gasteiger partial charge < -0.3 is 14.6 Å². The predicted molar refractivity (Wildman–Crippen MR) is 131 cm³/mol. The number of hydrogen-bond donors (Lipinski definition) is 1. The van der Waals surface area contributed by atoms with Crippen molar-refractivity contribution in [2.24, 2.45) is 0 Å². The number of aromatic nitrogens is 1. The summed E-state index contributed by atoms with van der Waals surface area (Å²) in [6.07, 6.45) is 0. The molecular weight excluding hydrogens is 468 g/mol. The van der Waals surface area contributed by atoms with Gasteiger partial charge >= 0.3 is 5.97 Å². The van der Waals surface area contributed by atoms with E-state index in [1.807, 2.05) is 0 Å². The highest BCUT2D eigenvalue weighted by molar-refractivity contribution is 7.14. The first-order valence-corrected chi connectivity index (χ1v) is 11.7. The number of aliphatic hydroxyl groups is 1. The third kappa shape index (κ3) is 4.42. The summed E-state index contributed by atoms with van der Waals surface area (Å²) >= 11 is 1.22. The van der Waals surface area contributed by atoms with E-state index in [-0.39, 0.29) is 12.2 Å². The number of Topliss-reactive ketones (excluding diaryl/α,β-unsaturated/α-hetero) is 1. The van der Waals surface area contributed by atoms with Gasteiger partial charge in [-0.15, -0.1) is 11.3 Å². The number of carbonyl (C=O) groups is 3. The van der Waals surface area contributed by atoms with Crippen LogP contribution in [0.1, 0.15) is 49.3 Å². The molecule has 4 rings (SSSR count). The third-order valence-electron chi connectivity index (χ3n) is 5.65. The monoisotopic (exact) mass is 492 g/mol. The summed E-state index contributed by atoms with van der Waals surface area (Å²) in [7, 11) is 1.54. The normalized spacial score (nSPS) is 15.5. The van der Waals surface area contributed by atoms with Crippen molar-refractivity contribution in [2.45, 2.75) is 26.8 Å². The lowest BCUT2D eigenvalue weighted by Crippen LogP contribution is -2.31. The highest BCUT2D eigenvalue weighted by Gasteiger charge is 2.45. The van der Waals surface area contributed by atoms with E-state index in [1.54, 1.807) is 76.4 Å². The van der Waals surface area contributed by atoms with E-state index in [2.05, 4.69) is 4.98 Å². The topological polar surface area (TPSA) is 106 Å². The Bertz CT molecular complexity index is 1320. The molecule has 3 aromatic rings. The average molecular weight is 493 g/mol. The van der Waals surface area contributed by atoms with Crippen molar-refractivity contribution in [3.63, 3.8) is 0 Å². The molecule has 0 spiro atoms. The first-order valence-electron chi connectivity index (χ1n) is 10.9. The van der Waals surface area contributed by atoms with Crippen LogP contribution in [0.15, 0.2) is 59.9 Å². The largest absolute Gasteiger partial charge is 0.503 e. The Morgan fingerprint density at radius 2 is 1.74 bits per heavy atom. The van der Waals surface area contributed by atoms with Gasteiger partial charge in [-0.3, -0.25) is 14.5 Å². The van der Waals surface area contributed by atoms with Crippen LogP contribution in [0.25, 0.3) is 0 Å². The van der Waals surface area contributed by atoms with Gasteiger partial charge in [-0.25, -0.2) is 9.78 Å². The summed E-state index contributed by atoms with van der Waals surface area (Å²) in [4.78, 5) is 45.0. The lowest BCUT2D eigenvalue weighted by molar-refractivity contribution is -0.117. The number of aliphatic hydroxyl groups excluding tert-OH is 1.